The number of nitrogens with one attached hydrogen (secondary N) is 1. The van der Waals surface area contributed by atoms with Gasteiger partial charge in [-0.25, -0.2) is 0 Å². The van der Waals surface area contributed by atoms with Crippen LogP contribution in [0.2, 0.25) is 0 Å². The van der Waals surface area contributed by atoms with Crippen molar-refractivity contribution in [3.05, 3.63) is 48.8 Å². The van der Waals surface area contributed by atoms with Gasteiger partial charge in [0.2, 0.25) is 0 Å². The van der Waals surface area contributed by atoms with Crippen LogP contribution in [0.15, 0.2) is 53.2 Å². The highest BCUT2D eigenvalue weighted by molar-refractivity contribution is 5.82. The molecule has 0 atom stereocenters. The maximum atomic E-state index is 5.69. The van der Waals surface area contributed by atoms with Gasteiger partial charge in [0.1, 0.15) is 11.3 Å². The van der Waals surface area contributed by atoms with E-state index in [0.29, 0.717) is 0 Å². The van der Waals surface area contributed by atoms with Crippen LogP contribution in [0.1, 0.15) is 0 Å². The van der Waals surface area contributed by atoms with E-state index in [1.165, 1.54) is 0 Å². The third-order valence-corrected chi connectivity index (χ3v) is 2.31. The van der Waals surface area contributed by atoms with Gasteiger partial charge in [-0.2, -0.15) is 0 Å². The van der Waals surface area contributed by atoms with Crippen molar-refractivity contribution in [1.82, 2.24) is 4.98 Å². The first-order valence-electron chi connectivity index (χ1n) is 4.55. The summed E-state index contributed by atoms with van der Waals surface area (Å²) in [7, 11) is 0. The Bertz CT molecular complexity index is 515. The second-order valence-corrected chi connectivity index (χ2v) is 3.25. The zero-order valence-corrected chi connectivity index (χ0v) is 7.53. The van der Waals surface area contributed by atoms with Crippen molar-refractivity contribution in [2.75, 3.05) is 0 Å². The molecule has 14 heavy (non-hydrogen) atoms. The van der Waals surface area contributed by atoms with Crippen LogP contribution in [0.5, 0.6) is 0 Å². The van der Waals surface area contributed by atoms with Gasteiger partial charge in [0, 0.05) is 23.3 Å². The summed E-state index contributed by atoms with van der Waals surface area (Å²) in [6.45, 7) is 0. The smallest absolute Gasteiger partial charge is 0.136 e. The van der Waals surface area contributed by atoms with Crippen LogP contribution in [-0.4, -0.2) is 4.98 Å². The molecular weight excluding hydrogens is 174 g/mol. The molecule has 0 aliphatic rings. The molecule has 0 aliphatic carbocycles. The summed E-state index contributed by atoms with van der Waals surface area (Å²) in [4.78, 5) is 3.01. The van der Waals surface area contributed by atoms with Crippen molar-refractivity contribution in [3.63, 3.8) is 0 Å². The largest absolute Gasteiger partial charge is 0.456 e. The number of fused-ring (bicyclic) bond motifs is 1. The van der Waals surface area contributed by atoms with Gasteiger partial charge in [0.25, 0.3) is 0 Å². The molecule has 2 heterocycles. The third kappa shape index (κ3) is 1.04. The monoisotopic (exact) mass is 183 g/mol. The van der Waals surface area contributed by atoms with Crippen molar-refractivity contribution < 1.29 is 4.42 Å². The molecule has 0 saturated heterocycles. The molecule has 0 saturated carbocycles. The van der Waals surface area contributed by atoms with Gasteiger partial charge in [-0.1, -0.05) is 18.2 Å². The van der Waals surface area contributed by atoms with Crippen molar-refractivity contribution >= 4 is 11.0 Å². The van der Waals surface area contributed by atoms with E-state index < -0.39 is 0 Å². The van der Waals surface area contributed by atoms with E-state index in [9.17, 15) is 0 Å². The van der Waals surface area contributed by atoms with Crippen LogP contribution < -0.4 is 0 Å². The topological polar surface area (TPSA) is 28.9 Å². The number of H-pyrrole nitrogens is 1. The van der Waals surface area contributed by atoms with Crippen molar-refractivity contribution in [1.29, 1.82) is 0 Å². The Labute approximate surface area is 81.2 Å². The minimum atomic E-state index is 0.910. The fraction of sp³-hybridized carbons (Fsp3) is 0. The lowest BCUT2D eigenvalue weighted by Crippen LogP contribution is -1.62. The Balaban J connectivity index is 2.24. The lowest BCUT2D eigenvalue weighted by molar-refractivity contribution is 0.631. The van der Waals surface area contributed by atoms with E-state index in [1.807, 2.05) is 36.7 Å². The Morgan fingerprint density at radius 2 is 2.00 bits per heavy atom. The molecule has 0 fully saturated rings. The number of rotatable bonds is 1. The van der Waals surface area contributed by atoms with E-state index in [1.54, 1.807) is 0 Å². The molecule has 2 aromatic heterocycles. The number of benzene rings is 1. The number of furan rings is 1. The number of aromatic amines is 1. The number of hydrogen-bond acceptors (Lipinski definition) is 1. The zero-order valence-electron chi connectivity index (χ0n) is 7.53. The number of para-hydroxylation sites is 1. The van der Waals surface area contributed by atoms with Crippen LogP contribution in [0, 0.1) is 0 Å². The molecule has 0 aliphatic heterocycles. The van der Waals surface area contributed by atoms with Gasteiger partial charge in [0.15, 0.2) is 0 Å². The van der Waals surface area contributed by atoms with Crippen LogP contribution >= 0.6 is 0 Å². The minimum Gasteiger partial charge on any atom is -0.456 e. The number of aromatic nitrogens is 1. The summed E-state index contributed by atoms with van der Waals surface area (Å²) in [5.74, 6) is 0.910. The summed E-state index contributed by atoms with van der Waals surface area (Å²) < 4.78 is 5.69. The van der Waals surface area contributed by atoms with Crippen LogP contribution in [0.4, 0.5) is 0 Å². The lowest BCUT2D eigenvalue weighted by atomic mass is 10.2. The third-order valence-electron chi connectivity index (χ3n) is 2.31. The Hall–Kier alpha value is -1.96. The van der Waals surface area contributed by atoms with Crippen molar-refractivity contribution in [2.24, 2.45) is 0 Å². The molecule has 0 bridgehead atoms. The molecule has 2 nitrogen and oxygen atoms in total. The van der Waals surface area contributed by atoms with Crippen LogP contribution in [-0.2, 0) is 0 Å². The molecule has 3 rings (SSSR count). The predicted molar refractivity (Wildman–Crippen MR) is 56.0 cm³/mol. The van der Waals surface area contributed by atoms with Crippen molar-refractivity contribution in [2.45, 2.75) is 0 Å². The Morgan fingerprint density at radius 3 is 2.79 bits per heavy atom. The second-order valence-electron chi connectivity index (χ2n) is 3.25. The first-order valence-corrected chi connectivity index (χ1v) is 4.55. The highest BCUT2D eigenvalue weighted by Gasteiger charge is 2.04. The minimum absolute atomic E-state index is 0.910. The maximum Gasteiger partial charge on any atom is 0.136 e. The highest BCUT2D eigenvalue weighted by Crippen LogP contribution is 2.26. The molecular formula is C12H9NO. The molecule has 0 spiro atoms. The molecule has 0 radical (unpaired) electrons. The highest BCUT2D eigenvalue weighted by atomic mass is 16.3. The molecule has 2 heteroatoms. The summed E-state index contributed by atoms with van der Waals surface area (Å²) >= 11 is 0. The zero-order chi connectivity index (χ0) is 9.38. The van der Waals surface area contributed by atoms with Crippen LogP contribution in [0.3, 0.4) is 0 Å². The second kappa shape index (κ2) is 2.77. The summed E-state index contributed by atoms with van der Waals surface area (Å²) in [6, 6.07) is 12.1. The Morgan fingerprint density at radius 1 is 1.07 bits per heavy atom. The van der Waals surface area contributed by atoms with Gasteiger partial charge in [-0.3, -0.25) is 0 Å². The van der Waals surface area contributed by atoms with Gasteiger partial charge in [0.05, 0.1) is 0 Å². The normalized spacial score (nSPS) is 10.9. The molecule has 0 unspecified atom stereocenters. The first-order chi connectivity index (χ1) is 6.93. The van der Waals surface area contributed by atoms with Gasteiger partial charge in [-0.15, -0.1) is 0 Å². The Kier molecular flexibility index (Phi) is 1.47. The van der Waals surface area contributed by atoms with E-state index in [4.69, 9.17) is 4.42 Å². The quantitative estimate of drug-likeness (QED) is 0.615. The van der Waals surface area contributed by atoms with E-state index in [-0.39, 0.29) is 0 Å². The van der Waals surface area contributed by atoms with Crippen LogP contribution in [0.25, 0.3) is 22.3 Å². The number of hydrogen-bond donors (Lipinski definition) is 1. The van der Waals surface area contributed by atoms with E-state index >= 15 is 0 Å². The summed E-state index contributed by atoms with van der Waals surface area (Å²) in [6.07, 6.45) is 3.82. The average Bonchev–Trinajstić information content (AvgIpc) is 2.86. The van der Waals surface area contributed by atoms with E-state index in [2.05, 4.69) is 17.1 Å². The SMILES string of the molecule is c1ccc2oc(-c3cc[nH]c3)cc2c1. The van der Waals surface area contributed by atoms with Gasteiger partial charge >= 0.3 is 0 Å². The predicted octanol–water partition coefficient (Wildman–Crippen LogP) is 3.43. The fourth-order valence-corrected chi connectivity index (χ4v) is 1.60. The molecule has 68 valence electrons. The standard InChI is InChI=1S/C12H9NO/c1-2-4-11-9(3-1)7-12(14-11)10-5-6-13-8-10/h1-8,13H. The molecule has 0 amide bonds. The molecule has 1 N–H and O–H groups in total. The van der Waals surface area contributed by atoms with Crippen molar-refractivity contribution in [3.8, 4) is 11.3 Å². The summed E-state index contributed by atoms with van der Waals surface area (Å²) in [5.41, 5.74) is 2.02. The fourth-order valence-electron chi connectivity index (χ4n) is 1.60. The van der Waals surface area contributed by atoms with E-state index in [0.717, 1.165) is 22.3 Å². The summed E-state index contributed by atoms with van der Waals surface area (Å²) in [5, 5.41) is 1.14. The first kappa shape index (κ1) is 7.44. The lowest BCUT2D eigenvalue weighted by Gasteiger charge is -1.86. The molecule has 3 aromatic rings. The van der Waals surface area contributed by atoms with Gasteiger partial charge < -0.3 is 9.40 Å². The van der Waals surface area contributed by atoms with Gasteiger partial charge in [-0.05, 0) is 18.2 Å². The maximum absolute atomic E-state index is 5.69. The molecule has 1 aromatic carbocycles. The average molecular weight is 183 g/mol.